The molecular formula is C20H29ClN4O3. The van der Waals surface area contributed by atoms with E-state index in [1.807, 2.05) is 11.8 Å². The SMILES string of the molecule is CCC1CCCCN1C(=O)C(C)N1CCN(c2ccc(Cl)cc2[N+](=O)[O-])CC1. The van der Waals surface area contributed by atoms with Gasteiger partial charge in [-0.3, -0.25) is 19.8 Å². The van der Waals surface area contributed by atoms with Gasteiger partial charge >= 0.3 is 0 Å². The molecule has 2 aliphatic heterocycles. The summed E-state index contributed by atoms with van der Waals surface area (Å²) in [5, 5.41) is 11.7. The predicted molar refractivity (Wildman–Crippen MR) is 111 cm³/mol. The van der Waals surface area contributed by atoms with Crippen molar-refractivity contribution >= 4 is 28.9 Å². The van der Waals surface area contributed by atoms with Gasteiger partial charge in [-0.25, -0.2) is 0 Å². The van der Waals surface area contributed by atoms with Crippen LogP contribution in [0.3, 0.4) is 0 Å². The maximum Gasteiger partial charge on any atom is 0.294 e. The molecule has 2 heterocycles. The molecule has 0 N–H and O–H groups in total. The van der Waals surface area contributed by atoms with Gasteiger partial charge in [0.15, 0.2) is 0 Å². The maximum atomic E-state index is 13.1. The van der Waals surface area contributed by atoms with Crippen LogP contribution in [0.5, 0.6) is 0 Å². The predicted octanol–water partition coefficient (Wildman–Crippen LogP) is 3.55. The van der Waals surface area contributed by atoms with Crippen LogP contribution in [0.1, 0.15) is 39.5 Å². The van der Waals surface area contributed by atoms with E-state index in [1.165, 1.54) is 12.5 Å². The van der Waals surface area contributed by atoms with Gasteiger partial charge in [-0.05, 0) is 44.7 Å². The summed E-state index contributed by atoms with van der Waals surface area (Å²) in [6.45, 7) is 7.71. The first-order valence-corrected chi connectivity index (χ1v) is 10.5. The minimum atomic E-state index is -0.388. The van der Waals surface area contributed by atoms with Crippen molar-refractivity contribution in [3.8, 4) is 0 Å². The molecule has 1 amide bonds. The van der Waals surface area contributed by atoms with Crippen molar-refractivity contribution in [3.63, 3.8) is 0 Å². The molecule has 0 saturated carbocycles. The summed E-state index contributed by atoms with van der Waals surface area (Å²) in [4.78, 5) is 30.3. The fourth-order valence-electron chi connectivity index (χ4n) is 4.37. The van der Waals surface area contributed by atoms with Gasteiger partial charge in [0, 0.05) is 49.9 Å². The lowest BCUT2D eigenvalue weighted by Gasteiger charge is -2.42. The molecule has 1 aromatic carbocycles. The zero-order valence-corrected chi connectivity index (χ0v) is 17.4. The van der Waals surface area contributed by atoms with Gasteiger partial charge in [0.2, 0.25) is 5.91 Å². The average Bonchev–Trinajstić information content (AvgIpc) is 2.72. The molecule has 0 radical (unpaired) electrons. The van der Waals surface area contributed by atoms with Crippen LogP contribution in [-0.4, -0.2) is 65.4 Å². The highest BCUT2D eigenvalue weighted by Crippen LogP contribution is 2.32. The number of hydrogen-bond acceptors (Lipinski definition) is 5. The Bertz CT molecular complexity index is 721. The molecule has 7 nitrogen and oxygen atoms in total. The van der Waals surface area contributed by atoms with Gasteiger partial charge in [-0.15, -0.1) is 0 Å². The Morgan fingerprint density at radius 2 is 1.96 bits per heavy atom. The minimum Gasteiger partial charge on any atom is -0.363 e. The van der Waals surface area contributed by atoms with Crippen molar-refractivity contribution in [1.29, 1.82) is 0 Å². The third-order valence-corrected chi connectivity index (χ3v) is 6.31. The average molecular weight is 409 g/mol. The number of likely N-dealkylation sites (tertiary alicyclic amines) is 1. The lowest BCUT2D eigenvalue weighted by molar-refractivity contribution is -0.384. The fourth-order valence-corrected chi connectivity index (χ4v) is 4.54. The lowest BCUT2D eigenvalue weighted by Crippen LogP contribution is -2.56. The van der Waals surface area contributed by atoms with Gasteiger partial charge in [0.1, 0.15) is 5.69 Å². The van der Waals surface area contributed by atoms with E-state index in [1.54, 1.807) is 12.1 Å². The summed E-state index contributed by atoms with van der Waals surface area (Å²) >= 11 is 5.92. The number of nitrogens with zero attached hydrogens (tertiary/aromatic N) is 4. The molecule has 8 heteroatoms. The molecule has 28 heavy (non-hydrogen) atoms. The Balaban J connectivity index is 1.64. The van der Waals surface area contributed by atoms with E-state index >= 15 is 0 Å². The number of amides is 1. The minimum absolute atomic E-state index is 0.0316. The Hall–Kier alpha value is -1.86. The van der Waals surface area contributed by atoms with Crippen molar-refractivity contribution < 1.29 is 9.72 Å². The number of nitro benzene ring substituents is 1. The van der Waals surface area contributed by atoms with Crippen LogP contribution in [-0.2, 0) is 4.79 Å². The second-order valence-corrected chi connectivity index (χ2v) is 8.12. The Morgan fingerprint density at radius 3 is 2.61 bits per heavy atom. The van der Waals surface area contributed by atoms with Crippen LogP contribution >= 0.6 is 11.6 Å². The van der Waals surface area contributed by atoms with Crippen LogP contribution in [0.15, 0.2) is 18.2 Å². The van der Waals surface area contributed by atoms with Crippen molar-refractivity contribution in [2.24, 2.45) is 0 Å². The molecule has 1 aromatic rings. The number of halogens is 1. The largest absolute Gasteiger partial charge is 0.363 e. The van der Waals surface area contributed by atoms with Gasteiger partial charge in [-0.2, -0.15) is 0 Å². The van der Waals surface area contributed by atoms with Crippen LogP contribution < -0.4 is 4.90 Å². The third-order valence-electron chi connectivity index (χ3n) is 6.08. The van der Waals surface area contributed by atoms with Gasteiger partial charge < -0.3 is 9.80 Å². The van der Waals surface area contributed by atoms with E-state index in [0.29, 0.717) is 42.9 Å². The Morgan fingerprint density at radius 1 is 1.25 bits per heavy atom. The topological polar surface area (TPSA) is 69.9 Å². The number of nitro groups is 1. The van der Waals surface area contributed by atoms with E-state index in [2.05, 4.69) is 16.7 Å². The number of carbonyl (C=O) groups is 1. The summed E-state index contributed by atoms with van der Waals surface area (Å²) in [5.74, 6) is 0.220. The van der Waals surface area contributed by atoms with Gasteiger partial charge in [-0.1, -0.05) is 18.5 Å². The van der Waals surface area contributed by atoms with E-state index < -0.39 is 0 Å². The first kappa shape index (κ1) is 20.9. The molecule has 0 aliphatic carbocycles. The van der Waals surface area contributed by atoms with Crippen LogP contribution in [0.2, 0.25) is 5.02 Å². The van der Waals surface area contributed by atoms with Crippen molar-refractivity contribution in [3.05, 3.63) is 33.3 Å². The fraction of sp³-hybridized carbons (Fsp3) is 0.650. The zero-order valence-electron chi connectivity index (χ0n) is 16.6. The first-order chi connectivity index (χ1) is 13.4. The first-order valence-electron chi connectivity index (χ1n) is 10.2. The van der Waals surface area contributed by atoms with E-state index in [4.69, 9.17) is 11.6 Å². The molecule has 0 aromatic heterocycles. The Labute approximate surface area is 171 Å². The van der Waals surface area contributed by atoms with Crippen LogP contribution in [0, 0.1) is 10.1 Å². The van der Waals surface area contributed by atoms with Crippen molar-refractivity contribution in [1.82, 2.24) is 9.80 Å². The lowest BCUT2D eigenvalue weighted by atomic mass is 9.99. The summed E-state index contributed by atoms with van der Waals surface area (Å²) in [6, 6.07) is 5.00. The molecule has 0 spiro atoms. The molecule has 0 bridgehead atoms. The van der Waals surface area contributed by atoms with E-state index in [0.717, 1.165) is 25.8 Å². The second-order valence-electron chi connectivity index (χ2n) is 7.68. The maximum absolute atomic E-state index is 13.1. The number of carbonyl (C=O) groups excluding carboxylic acids is 1. The summed E-state index contributed by atoms with van der Waals surface area (Å²) < 4.78 is 0. The third kappa shape index (κ3) is 4.41. The summed E-state index contributed by atoms with van der Waals surface area (Å²) in [5.41, 5.74) is 0.624. The summed E-state index contributed by atoms with van der Waals surface area (Å²) in [6.07, 6.45) is 4.40. The van der Waals surface area contributed by atoms with E-state index in [9.17, 15) is 14.9 Å². The van der Waals surface area contributed by atoms with Crippen LogP contribution in [0.25, 0.3) is 0 Å². The second kappa shape index (κ2) is 9.09. The smallest absolute Gasteiger partial charge is 0.294 e. The molecule has 2 fully saturated rings. The Kier molecular flexibility index (Phi) is 6.78. The molecule has 3 rings (SSSR count). The highest BCUT2D eigenvalue weighted by Gasteiger charge is 2.33. The molecule has 2 unspecified atom stereocenters. The highest BCUT2D eigenvalue weighted by molar-refractivity contribution is 6.30. The molecule has 154 valence electrons. The number of piperidine rings is 1. The van der Waals surface area contributed by atoms with Crippen molar-refractivity contribution in [2.75, 3.05) is 37.6 Å². The van der Waals surface area contributed by atoms with Crippen LogP contribution in [0.4, 0.5) is 11.4 Å². The number of piperazine rings is 1. The zero-order chi connectivity index (χ0) is 20.3. The normalized spacial score (nSPS) is 22.2. The van der Waals surface area contributed by atoms with Gasteiger partial charge in [0.05, 0.1) is 11.0 Å². The number of rotatable bonds is 5. The number of anilines is 1. The van der Waals surface area contributed by atoms with Crippen molar-refractivity contribution in [2.45, 2.75) is 51.6 Å². The highest BCUT2D eigenvalue weighted by atomic mass is 35.5. The quantitative estimate of drug-likeness (QED) is 0.550. The monoisotopic (exact) mass is 408 g/mol. The number of benzene rings is 1. The molecule has 2 saturated heterocycles. The summed E-state index contributed by atoms with van der Waals surface area (Å²) in [7, 11) is 0. The van der Waals surface area contributed by atoms with Gasteiger partial charge in [0.25, 0.3) is 5.69 Å². The molecular weight excluding hydrogens is 380 g/mol. The van der Waals surface area contributed by atoms with E-state index in [-0.39, 0.29) is 22.6 Å². The standard InChI is InChI=1S/C20H29ClN4O3/c1-3-17-6-4-5-9-24(17)20(26)15(2)22-10-12-23(13-11-22)18-8-7-16(21)14-19(18)25(27)28/h7-8,14-15,17H,3-6,9-13H2,1-2H3. The molecule has 2 aliphatic rings. The number of hydrogen-bond donors (Lipinski definition) is 0. The molecule has 2 atom stereocenters.